The van der Waals surface area contributed by atoms with Crippen LogP contribution in [0.1, 0.15) is 39.3 Å². The topological polar surface area (TPSA) is 24.5 Å². The van der Waals surface area contributed by atoms with Crippen LogP contribution in [0, 0.1) is 0 Å². The Balaban J connectivity index is 2.16. The molecule has 1 aromatic rings. The Bertz CT molecular complexity index is 395. The van der Waals surface area contributed by atoms with Gasteiger partial charge in [-0.3, -0.25) is 4.90 Å². The van der Waals surface area contributed by atoms with Gasteiger partial charge in [0.2, 0.25) is 0 Å². The molecule has 0 aromatic heterocycles. The average Bonchev–Trinajstić information content (AvgIpc) is 2.47. The maximum Gasteiger partial charge on any atom is 0.0674 e. The molecular formula is C17H28N2O. The number of likely N-dealkylation sites (N-methyl/N-ethyl adjacent to an activating group) is 1. The van der Waals surface area contributed by atoms with Crippen molar-refractivity contribution >= 4 is 0 Å². The normalized spacial score (nSPS) is 27.2. The highest BCUT2D eigenvalue weighted by molar-refractivity contribution is 5.20. The van der Waals surface area contributed by atoms with Gasteiger partial charge in [0.05, 0.1) is 12.7 Å². The van der Waals surface area contributed by atoms with Crippen LogP contribution in [-0.4, -0.2) is 42.8 Å². The molecule has 1 aliphatic heterocycles. The van der Waals surface area contributed by atoms with Crippen LogP contribution < -0.4 is 5.32 Å². The van der Waals surface area contributed by atoms with Crippen molar-refractivity contribution in [3.05, 3.63) is 35.9 Å². The number of benzene rings is 1. The lowest BCUT2D eigenvalue weighted by Crippen LogP contribution is -2.54. The molecule has 20 heavy (non-hydrogen) atoms. The maximum absolute atomic E-state index is 5.75. The minimum absolute atomic E-state index is 0.326. The second-order valence-electron chi connectivity index (χ2n) is 5.88. The first-order valence-corrected chi connectivity index (χ1v) is 7.79. The summed E-state index contributed by atoms with van der Waals surface area (Å²) in [6.07, 6.45) is 0.326. The van der Waals surface area contributed by atoms with Gasteiger partial charge in [0.25, 0.3) is 0 Å². The molecule has 1 N–H and O–H groups in total. The van der Waals surface area contributed by atoms with Crippen LogP contribution in [0.15, 0.2) is 30.3 Å². The Morgan fingerprint density at radius 2 is 2.00 bits per heavy atom. The third kappa shape index (κ3) is 3.60. The number of morpholine rings is 1. The largest absolute Gasteiger partial charge is 0.376 e. The van der Waals surface area contributed by atoms with Gasteiger partial charge in [0, 0.05) is 24.7 Å². The molecular weight excluding hydrogens is 248 g/mol. The highest BCUT2D eigenvalue weighted by Gasteiger charge is 2.31. The molecule has 1 heterocycles. The fourth-order valence-corrected chi connectivity index (χ4v) is 3.14. The van der Waals surface area contributed by atoms with E-state index >= 15 is 0 Å². The number of nitrogens with zero attached hydrogens (tertiary/aromatic N) is 1. The SMILES string of the molecule is CCNC(c1ccccc1)C(C)N1CC(C)OCC1C. The highest BCUT2D eigenvalue weighted by Crippen LogP contribution is 2.25. The molecule has 1 aliphatic rings. The molecule has 4 atom stereocenters. The van der Waals surface area contributed by atoms with Crippen molar-refractivity contribution in [1.29, 1.82) is 0 Å². The molecule has 0 saturated carbocycles. The summed E-state index contributed by atoms with van der Waals surface area (Å²) in [5.41, 5.74) is 1.37. The Morgan fingerprint density at radius 3 is 2.65 bits per heavy atom. The van der Waals surface area contributed by atoms with Crippen LogP contribution in [0.4, 0.5) is 0 Å². The molecule has 4 unspecified atom stereocenters. The van der Waals surface area contributed by atoms with E-state index in [1.807, 2.05) is 0 Å². The third-order valence-electron chi connectivity index (χ3n) is 4.24. The Morgan fingerprint density at radius 1 is 1.30 bits per heavy atom. The van der Waals surface area contributed by atoms with E-state index in [4.69, 9.17) is 4.74 Å². The first-order valence-electron chi connectivity index (χ1n) is 7.79. The number of rotatable bonds is 5. The minimum atomic E-state index is 0.326. The van der Waals surface area contributed by atoms with Crippen molar-refractivity contribution in [2.45, 2.75) is 51.9 Å². The summed E-state index contributed by atoms with van der Waals surface area (Å²) in [7, 11) is 0. The average molecular weight is 276 g/mol. The van der Waals surface area contributed by atoms with Gasteiger partial charge < -0.3 is 10.1 Å². The van der Waals surface area contributed by atoms with E-state index < -0.39 is 0 Å². The molecule has 3 heteroatoms. The third-order valence-corrected chi connectivity index (χ3v) is 4.24. The minimum Gasteiger partial charge on any atom is -0.376 e. The molecule has 0 bridgehead atoms. The van der Waals surface area contributed by atoms with Gasteiger partial charge in [-0.05, 0) is 32.9 Å². The van der Waals surface area contributed by atoms with E-state index in [0.29, 0.717) is 24.2 Å². The van der Waals surface area contributed by atoms with Crippen molar-refractivity contribution in [3.8, 4) is 0 Å². The van der Waals surface area contributed by atoms with Crippen molar-refractivity contribution in [2.75, 3.05) is 19.7 Å². The summed E-state index contributed by atoms with van der Waals surface area (Å²) in [4.78, 5) is 2.58. The summed E-state index contributed by atoms with van der Waals surface area (Å²) in [6, 6.07) is 12.1. The lowest BCUT2D eigenvalue weighted by atomic mass is 9.97. The highest BCUT2D eigenvalue weighted by atomic mass is 16.5. The molecule has 2 rings (SSSR count). The molecule has 0 radical (unpaired) electrons. The molecule has 1 aromatic carbocycles. The molecule has 3 nitrogen and oxygen atoms in total. The van der Waals surface area contributed by atoms with Crippen LogP contribution in [0.3, 0.4) is 0 Å². The zero-order valence-corrected chi connectivity index (χ0v) is 13.2. The maximum atomic E-state index is 5.75. The Hall–Kier alpha value is -0.900. The van der Waals surface area contributed by atoms with Crippen LogP contribution >= 0.6 is 0 Å². The van der Waals surface area contributed by atoms with Gasteiger partial charge in [-0.25, -0.2) is 0 Å². The molecule has 0 spiro atoms. The summed E-state index contributed by atoms with van der Waals surface area (Å²) in [6.45, 7) is 11.8. The van der Waals surface area contributed by atoms with E-state index in [1.54, 1.807) is 0 Å². The van der Waals surface area contributed by atoms with E-state index in [1.165, 1.54) is 5.56 Å². The van der Waals surface area contributed by atoms with Crippen molar-refractivity contribution in [2.24, 2.45) is 0 Å². The monoisotopic (exact) mass is 276 g/mol. The molecule has 112 valence electrons. The second-order valence-corrected chi connectivity index (χ2v) is 5.88. The Labute approximate surface area is 123 Å². The lowest BCUT2D eigenvalue weighted by molar-refractivity contribution is -0.0686. The number of hydrogen-bond donors (Lipinski definition) is 1. The zero-order chi connectivity index (χ0) is 14.5. The van der Waals surface area contributed by atoms with Crippen molar-refractivity contribution < 1.29 is 4.74 Å². The lowest BCUT2D eigenvalue weighted by Gasteiger charge is -2.43. The van der Waals surface area contributed by atoms with Gasteiger partial charge in [-0.2, -0.15) is 0 Å². The van der Waals surface area contributed by atoms with Crippen LogP contribution in [-0.2, 0) is 4.74 Å². The van der Waals surface area contributed by atoms with Crippen LogP contribution in [0.2, 0.25) is 0 Å². The summed E-state index contributed by atoms with van der Waals surface area (Å²) in [5.74, 6) is 0. The number of hydrogen-bond acceptors (Lipinski definition) is 3. The summed E-state index contributed by atoms with van der Waals surface area (Å²) in [5, 5.41) is 3.65. The predicted octanol–water partition coefficient (Wildman–Crippen LogP) is 2.83. The van der Waals surface area contributed by atoms with E-state index in [0.717, 1.165) is 19.7 Å². The zero-order valence-electron chi connectivity index (χ0n) is 13.2. The first-order chi connectivity index (χ1) is 9.63. The summed E-state index contributed by atoms with van der Waals surface area (Å²) >= 11 is 0. The molecule has 0 aliphatic carbocycles. The quantitative estimate of drug-likeness (QED) is 0.895. The fourth-order valence-electron chi connectivity index (χ4n) is 3.14. The number of nitrogens with one attached hydrogen (secondary N) is 1. The van der Waals surface area contributed by atoms with Gasteiger partial charge in [-0.1, -0.05) is 37.3 Å². The second kappa shape index (κ2) is 7.21. The van der Waals surface area contributed by atoms with Gasteiger partial charge >= 0.3 is 0 Å². The van der Waals surface area contributed by atoms with Crippen molar-refractivity contribution in [1.82, 2.24) is 10.2 Å². The summed E-state index contributed by atoms with van der Waals surface area (Å²) < 4.78 is 5.75. The molecule has 0 amide bonds. The standard InChI is InChI=1S/C17H28N2O/c1-5-18-17(16-9-7-6-8-10-16)15(4)19-11-14(3)20-12-13(19)2/h6-10,13-15,17-18H,5,11-12H2,1-4H3. The smallest absolute Gasteiger partial charge is 0.0674 e. The van der Waals surface area contributed by atoms with E-state index in [9.17, 15) is 0 Å². The number of ether oxygens (including phenoxy) is 1. The van der Waals surface area contributed by atoms with Gasteiger partial charge in [-0.15, -0.1) is 0 Å². The van der Waals surface area contributed by atoms with Crippen LogP contribution in [0.5, 0.6) is 0 Å². The van der Waals surface area contributed by atoms with E-state index in [2.05, 4.69) is 68.2 Å². The van der Waals surface area contributed by atoms with Gasteiger partial charge in [0.1, 0.15) is 0 Å². The fraction of sp³-hybridized carbons (Fsp3) is 0.647. The Kier molecular flexibility index (Phi) is 5.58. The molecule has 1 fully saturated rings. The molecule has 1 saturated heterocycles. The van der Waals surface area contributed by atoms with Crippen LogP contribution in [0.25, 0.3) is 0 Å². The van der Waals surface area contributed by atoms with E-state index in [-0.39, 0.29) is 0 Å². The predicted molar refractivity (Wildman–Crippen MR) is 83.9 cm³/mol. The first kappa shape index (κ1) is 15.5. The van der Waals surface area contributed by atoms with Crippen molar-refractivity contribution in [3.63, 3.8) is 0 Å². The van der Waals surface area contributed by atoms with Gasteiger partial charge in [0.15, 0.2) is 0 Å².